The van der Waals surface area contributed by atoms with E-state index in [0.717, 1.165) is 12.1 Å². The standard InChI is InChI=1S/C18H25ClN4O2.HI/c1-3-20-18(22-13(2)14-6-4-7-15(19)12-14)21-10-11-23-16(24)8-5-9-17(23)25;/h4,6-7,12-13H,3,5,8-11H2,1-2H3,(H2,20,21,22);1H. The minimum Gasteiger partial charge on any atom is -0.357 e. The SMILES string of the molecule is CCNC(=NCCN1C(=O)CCCC1=O)NC(C)c1cccc(Cl)c1.I. The molecule has 0 saturated carbocycles. The van der Waals surface area contributed by atoms with Gasteiger partial charge in [-0.05, 0) is 38.0 Å². The Morgan fingerprint density at radius 1 is 1.31 bits per heavy atom. The van der Waals surface area contributed by atoms with E-state index in [1.165, 1.54) is 4.90 Å². The number of carbonyl (C=O) groups excluding carboxylic acids is 2. The van der Waals surface area contributed by atoms with E-state index < -0.39 is 0 Å². The highest BCUT2D eigenvalue weighted by Gasteiger charge is 2.25. The first kappa shape index (κ1) is 22.7. The van der Waals surface area contributed by atoms with Crippen molar-refractivity contribution in [3.8, 4) is 0 Å². The number of piperidine rings is 1. The molecular formula is C18H26ClIN4O2. The van der Waals surface area contributed by atoms with E-state index in [9.17, 15) is 9.59 Å². The van der Waals surface area contributed by atoms with Gasteiger partial charge in [0.25, 0.3) is 0 Å². The van der Waals surface area contributed by atoms with Gasteiger partial charge in [0.15, 0.2) is 5.96 Å². The van der Waals surface area contributed by atoms with Crippen molar-refractivity contribution in [3.63, 3.8) is 0 Å². The molecule has 0 aromatic heterocycles. The zero-order chi connectivity index (χ0) is 18.2. The third kappa shape index (κ3) is 6.75. The molecule has 1 heterocycles. The summed E-state index contributed by atoms with van der Waals surface area (Å²) in [6.07, 6.45) is 1.54. The van der Waals surface area contributed by atoms with Crippen LogP contribution in [0.3, 0.4) is 0 Å². The number of hydrogen-bond donors (Lipinski definition) is 2. The molecule has 1 aliphatic heterocycles. The van der Waals surface area contributed by atoms with E-state index >= 15 is 0 Å². The number of hydrogen-bond acceptors (Lipinski definition) is 3. The van der Waals surface area contributed by atoms with Gasteiger partial charge in [0, 0.05) is 31.0 Å². The molecule has 0 aliphatic carbocycles. The highest BCUT2D eigenvalue weighted by molar-refractivity contribution is 14.0. The van der Waals surface area contributed by atoms with Crippen molar-refractivity contribution < 1.29 is 9.59 Å². The van der Waals surface area contributed by atoms with Crippen LogP contribution < -0.4 is 10.6 Å². The first-order valence-electron chi connectivity index (χ1n) is 8.64. The third-order valence-corrected chi connectivity index (χ3v) is 4.26. The van der Waals surface area contributed by atoms with Crippen molar-refractivity contribution in [1.82, 2.24) is 15.5 Å². The zero-order valence-corrected chi connectivity index (χ0v) is 18.2. The number of halogens is 2. The minimum absolute atomic E-state index is 0. The number of amides is 2. The van der Waals surface area contributed by atoms with Gasteiger partial charge in [-0.25, -0.2) is 0 Å². The van der Waals surface area contributed by atoms with Crippen LogP contribution in [0.5, 0.6) is 0 Å². The molecule has 2 N–H and O–H groups in total. The molecule has 26 heavy (non-hydrogen) atoms. The number of rotatable bonds is 6. The fourth-order valence-electron chi connectivity index (χ4n) is 2.70. The second-order valence-corrected chi connectivity index (χ2v) is 6.41. The Morgan fingerprint density at radius 3 is 2.62 bits per heavy atom. The molecule has 0 radical (unpaired) electrons. The highest BCUT2D eigenvalue weighted by atomic mass is 127. The topological polar surface area (TPSA) is 73.8 Å². The predicted molar refractivity (Wildman–Crippen MR) is 115 cm³/mol. The van der Waals surface area contributed by atoms with Gasteiger partial charge in [0.05, 0.1) is 12.6 Å². The van der Waals surface area contributed by atoms with Crippen molar-refractivity contribution >= 4 is 53.4 Å². The Kier molecular flexibility index (Phi) is 9.93. The lowest BCUT2D eigenvalue weighted by molar-refractivity contribution is -0.147. The second kappa shape index (κ2) is 11.4. The highest BCUT2D eigenvalue weighted by Crippen LogP contribution is 2.17. The Morgan fingerprint density at radius 2 is 2.00 bits per heavy atom. The Bertz CT molecular complexity index is 638. The lowest BCUT2D eigenvalue weighted by atomic mass is 10.1. The van der Waals surface area contributed by atoms with Gasteiger partial charge in [-0.2, -0.15) is 0 Å². The van der Waals surface area contributed by atoms with Gasteiger partial charge in [-0.3, -0.25) is 19.5 Å². The molecule has 0 spiro atoms. The molecule has 1 aromatic carbocycles. The van der Waals surface area contributed by atoms with Crippen molar-refractivity contribution in [2.24, 2.45) is 4.99 Å². The number of nitrogens with zero attached hydrogens (tertiary/aromatic N) is 2. The molecule has 2 amide bonds. The van der Waals surface area contributed by atoms with E-state index in [1.54, 1.807) is 0 Å². The van der Waals surface area contributed by atoms with Crippen molar-refractivity contribution in [3.05, 3.63) is 34.9 Å². The van der Waals surface area contributed by atoms with E-state index in [-0.39, 0.29) is 41.8 Å². The molecule has 1 aliphatic rings. The molecule has 0 bridgehead atoms. The summed E-state index contributed by atoms with van der Waals surface area (Å²) in [7, 11) is 0. The third-order valence-electron chi connectivity index (χ3n) is 4.02. The molecule has 6 nitrogen and oxygen atoms in total. The normalized spacial score (nSPS) is 16.1. The predicted octanol–water partition coefficient (Wildman–Crippen LogP) is 3.11. The summed E-state index contributed by atoms with van der Waals surface area (Å²) in [4.78, 5) is 29.4. The van der Waals surface area contributed by atoms with Crippen LogP contribution >= 0.6 is 35.6 Å². The monoisotopic (exact) mass is 492 g/mol. The molecule has 1 aromatic rings. The lowest BCUT2D eigenvalue weighted by Gasteiger charge is -2.24. The number of nitrogens with one attached hydrogen (secondary N) is 2. The largest absolute Gasteiger partial charge is 0.357 e. The summed E-state index contributed by atoms with van der Waals surface area (Å²) in [5.74, 6) is 0.445. The maximum Gasteiger partial charge on any atom is 0.229 e. The second-order valence-electron chi connectivity index (χ2n) is 5.97. The summed E-state index contributed by atoms with van der Waals surface area (Å²) in [6, 6.07) is 7.68. The number of carbonyl (C=O) groups is 2. The lowest BCUT2D eigenvalue weighted by Crippen LogP contribution is -2.42. The van der Waals surface area contributed by atoms with Gasteiger partial charge in [0.2, 0.25) is 11.8 Å². The number of likely N-dealkylation sites (tertiary alicyclic amines) is 1. The van der Waals surface area contributed by atoms with E-state index in [1.807, 2.05) is 38.1 Å². The number of benzene rings is 1. The molecule has 1 saturated heterocycles. The summed E-state index contributed by atoms with van der Waals surface area (Å²) in [6.45, 7) is 5.42. The van der Waals surface area contributed by atoms with Crippen LogP contribution in [0, 0.1) is 0 Å². The molecule has 2 rings (SSSR count). The number of aliphatic imine (C=N–C) groups is 1. The molecular weight excluding hydrogens is 467 g/mol. The van der Waals surface area contributed by atoms with E-state index in [2.05, 4.69) is 15.6 Å². The fourth-order valence-corrected chi connectivity index (χ4v) is 2.89. The average Bonchev–Trinajstić information content (AvgIpc) is 2.57. The summed E-state index contributed by atoms with van der Waals surface area (Å²) in [5, 5.41) is 7.18. The molecule has 8 heteroatoms. The van der Waals surface area contributed by atoms with Crippen LogP contribution in [0.2, 0.25) is 5.02 Å². The van der Waals surface area contributed by atoms with Crippen molar-refractivity contribution in [2.45, 2.75) is 39.2 Å². The Balaban J connectivity index is 0.00000338. The van der Waals surface area contributed by atoms with Gasteiger partial charge < -0.3 is 10.6 Å². The van der Waals surface area contributed by atoms with E-state index in [0.29, 0.717) is 43.3 Å². The van der Waals surface area contributed by atoms with Crippen LogP contribution in [-0.2, 0) is 9.59 Å². The summed E-state index contributed by atoms with van der Waals surface area (Å²) < 4.78 is 0. The molecule has 1 atom stereocenters. The van der Waals surface area contributed by atoms with Crippen LogP contribution in [0.15, 0.2) is 29.3 Å². The first-order chi connectivity index (χ1) is 12.0. The Hall–Kier alpha value is -1.35. The number of imide groups is 1. The smallest absolute Gasteiger partial charge is 0.229 e. The molecule has 1 unspecified atom stereocenters. The first-order valence-corrected chi connectivity index (χ1v) is 9.02. The van der Waals surface area contributed by atoms with Gasteiger partial charge in [-0.1, -0.05) is 23.7 Å². The summed E-state index contributed by atoms with van der Waals surface area (Å²) in [5.41, 5.74) is 1.06. The maximum absolute atomic E-state index is 11.8. The minimum atomic E-state index is -0.100. The molecule has 144 valence electrons. The maximum atomic E-state index is 11.8. The van der Waals surface area contributed by atoms with Gasteiger partial charge >= 0.3 is 0 Å². The average molecular weight is 493 g/mol. The van der Waals surface area contributed by atoms with Crippen LogP contribution in [0.25, 0.3) is 0 Å². The Labute approximate surface area is 176 Å². The zero-order valence-electron chi connectivity index (χ0n) is 15.1. The van der Waals surface area contributed by atoms with E-state index in [4.69, 9.17) is 11.6 Å². The summed E-state index contributed by atoms with van der Waals surface area (Å²) >= 11 is 6.04. The quantitative estimate of drug-likeness (QED) is 0.277. The van der Waals surface area contributed by atoms with Gasteiger partial charge in [0.1, 0.15) is 0 Å². The van der Waals surface area contributed by atoms with Crippen molar-refractivity contribution in [2.75, 3.05) is 19.6 Å². The van der Waals surface area contributed by atoms with Crippen LogP contribution in [0.4, 0.5) is 0 Å². The van der Waals surface area contributed by atoms with Crippen LogP contribution in [0.1, 0.15) is 44.7 Å². The van der Waals surface area contributed by atoms with Gasteiger partial charge in [-0.15, -0.1) is 24.0 Å². The fraction of sp³-hybridized carbons (Fsp3) is 0.500. The molecule has 1 fully saturated rings. The number of guanidine groups is 1. The van der Waals surface area contributed by atoms with Crippen LogP contribution in [-0.4, -0.2) is 42.3 Å². The van der Waals surface area contributed by atoms with Crippen molar-refractivity contribution in [1.29, 1.82) is 0 Å².